The fourth-order valence-corrected chi connectivity index (χ4v) is 1.30. The normalized spacial score (nSPS) is 12.3. The van der Waals surface area contributed by atoms with E-state index in [-0.39, 0.29) is 17.9 Å². The quantitative estimate of drug-likeness (QED) is 0.616. The molecule has 0 aliphatic rings. The average Bonchev–Trinajstić information content (AvgIpc) is 2.31. The van der Waals surface area contributed by atoms with Gasteiger partial charge < -0.3 is 15.4 Å². The summed E-state index contributed by atoms with van der Waals surface area (Å²) in [5.74, 6) is 0.173. The van der Waals surface area contributed by atoms with Crippen molar-refractivity contribution in [2.45, 2.75) is 39.7 Å². The van der Waals surface area contributed by atoms with Gasteiger partial charge in [0.1, 0.15) is 6.04 Å². The van der Waals surface area contributed by atoms with Gasteiger partial charge in [-0.25, -0.2) is 0 Å². The topological polar surface area (TPSA) is 67.4 Å². The fourth-order valence-electron chi connectivity index (χ4n) is 1.30. The largest absolute Gasteiger partial charge is 0.468 e. The number of nitrogens with one attached hydrogen (secondary N) is 2. The van der Waals surface area contributed by atoms with Crippen LogP contribution in [0.15, 0.2) is 0 Å². The minimum absolute atomic E-state index is 0.00548. The van der Waals surface area contributed by atoms with Gasteiger partial charge >= 0.3 is 5.97 Å². The second-order valence-corrected chi connectivity index (χ2v) is 4.39. The lowest BCUT2D eigenvalue weighted by Crippen LogP contribution is -2.39. The summed E-state index contributed by atoms with van der Waals surface area (Å²) in [6.07, 6.45) is 1.03. The molecule has 0 aromatic carbocycles. The molecule has 0 aliphatic heterocycles. The van der Waals surface area contributed by atoms with Crippen molar-refractivity contribution in [3.63, 3.8) is 0 Å². The van der Waals surface area contributed by atoms with Gasteiger partial charge in [-0.1, -0.05) is 20.8 Å². The summed E-state index contributed by atoms with van der Waals surface area (Å²) in [7, 11) is 1.36. The Bertz CT molecular complexity index is 242. The lowest BCUT2D eigenvalue weighted by molar-refractivity contribution is -0.143. The number of hydrogen-bond donors (Lipinski definition) is 2. The number of amides is 1. The molecule has 1 amide bonds. The number of hydrogen-bond acceptors (Lipinski definition) is 4. The maximum absolute atomic E-state index is 11.4. The van der Waals surface area contributed by atoms with Gasteiger partial charge in [0.25, 0.3) is 0 Å². The Morgan fingerprint density at radius 3 is 2.41 bits per heavy atom. The molecule has 0 saturated carbocycles. The molecule has 0 rings (SSSR count). The lowest BCUT2D eigenvalue weighted by atomic mass is 10.2. The minimum Gasteiger partial charge on any atom is -0.468 e. The first-order valence-corrected chi connectivity index (χ1v) is 6.09. The van der Waals surface area contributed by atoms with Crippen LogP contribution in [0, 0.1) is 5.92 Å². The minimum atomic E-state index is -0.321. The summed E-state index contributed by atoms with van der Waals surface area (Å²) in [4.78, 5) is 22.6. The zero-order valence-corrected chi connectivity index (χ0v) is 11.2. The third-order valence-corrected chi connectivity index (χ3v) is 2.34. The maximum Gasteiger partial charge on any atom is 0.322 e. The molecule has 0 spiro atoms. The summed E-state index contributed by atoms with van der Waals surface area (Å²) >= 11 is 0. The zero-order chi connectivity index (χ0) is 13.3. The molecule has 0 aromatic heterocycles. The SMILES string of the molecule is CCC(NCCC(=O)NCC(C)C)C(=O)OC. The molecule has 17 heavy (non-hydrogen) atoms. The van der Waals surface area contributed by atoms with Crippen LogP contribution in [0.5, 0.6) is 0 Å². The number of carbonyl (C=O) groups excluding carboxylic acids is 2. The molecule has 0 saturated heterocycles. The van der Waals surface area contributed by atoms with Crippen LogP contribution in [0.3, 0.4) is 0 Å². The Morgan fingerprint density at radius 1 is 1.29 bits per heavy atom. The number of esters is 1. The van der Waals surface area contributed by atoms with E-state index in [9.17, 15) is 9.59 Å². The third-order valence-electron chi connectivity index (χ3n) is 2.34. The Labute approximate surface area is 103 Å². The first-order chi connectivity index (χ1) is 8.01. The Morgan fingerprint density at radius 2 is 1.94 bits per heavy atom. The maximum atomic E-state index is 11.4. The number of carbonyl (C=O) groups is 2. The Hall–Kier alpha value is -1.10. The van der Waals surface area contributed by atoms with Crippen molar-refractivity contribution in [2.24, 2.45) is 5.92 Å². The van der Waals surface area contributed by atoms with E-state index in [2.05, 4.69) is 15.4 Å². The van der Waals surface area contributed by atoms with Crippen molar-refractivity contribution < 1.29 is 14.3 Å². The molecule has 5 nitrogen and oxygen atoms in total. The standard InChI is InChI=1S/C12H24N2O3/c1-5-10(12(16)17-4)13-7-6-11(15)14-8-9(2)3/h9-10,13H,5-8H2,1-4H3,(H,14,15). The summed E-state index contributed by atoms with van der Waals surface area (Å²) < 4.78 is 4.64. The number of methoxy groups -OCH3 is 1. The van der Waals surface area contributed by atoms with E-state index in [1.165, 1.54) is 7.11 Å². The number of ether oxygens (including phenoxy) is 1. The van der Waals surface area contributed by atoms with E-state index in [0.29, 0.717) is 31.8 Å². The van der Waals surface area contributed by atoms with E-state index in [1.807, 2.05) is 20.8 Å². The van der Waals surface area contributed by atoms with E-state index < -0.39 is 0 Å². The first kappa shape index (κ1) is 15.9. The Kier molecular flexibility index (Phi) is 8.40. The third kappa shape index (κ3) is 7.74. The van der Waals surface area contributed by atoms with Crippen LogP contribution in [0.1, 0.15) is 33.6 Å². The van der Waals surface area contributed by atoms with Crippen molar-refractivity contribution in [1.29, 1.82) is 0 Å². The molecular formula is C12H24N2O3. The highest BCUT2D eigenvalue weighted by molar-refractivity contribution is 5.77. The second kappa shape index (κ2) is 8.98. The van der Waals surface area contributed by atoms with Gasteiger partial charge in [0.2, 0.25) is 5.91 Å². The van der Waals surface area contributed by atoms with Crippen LogP contribution in [-0.2, 0) is 14.3 Å². The zero-order valence-electron chi connectivity index (χ0n) is 11.2. The lowest BCUT2D eigenvalue weighted by Gasteiger charge is -2.14. The molecule has 0 radical (unpaired) electrons. The van der Waals surface area contributed by atoms with Crippen molar-refractivity contribution >= 4 is 11.9 Å². The smallest absolute Gasteiger partial charge is 0.322 e. The van der Waals surface area contributed by atoms with E-state index in [1.54, 1.807) is 0 Å². The summed E-state index contributed by atoms with van der Waals surface area (Å²) in [5, 5.41) is 5.83. The van der Waals surface area contributed by atoms with Gasteiger partial charge in [-0.2, -0.15) is 0 Å². The molecule has 0 aliphatic carbocycles. The van der Waals surface area contributed by atoms with Crippen molar-refractivity contribution in [2.75, 3.05) is 20.2 Å². The molecular weight excluding hydrogens is 220 g/mol. The Balaban J connectivity index is 3.74. The monoisotopic (exact) mass is 244 g/mol. The van der Waals surface area contributed by atoms with Crippen LogP contribution in [0.4, 0.5) is 0 Å². The van der Waals surface area contributed by atoms with Crippen molar-refractivity contribution in [3.8, 4) is 0 Å². The molecule has 0 fully saturated rings. The highest BCUT2D eigenvalue weighted by Gasteiger charge is 2.15. The van der Waals surface area contributed by atoms with Gasteiger partial charge in [-0.3, -0.25) is 9.59 Å². The average molecular weight is 244 g/mol. The molecule has 5 heteroatoms. The van der Waals surface area contributed by atoms with Gasteiger partial charge in [0.05, 0.1) is 7.11 Å². The van der Waals surface area contributed by atoms with E-state index in [0.717, 1.165) is 0 Å². The predicted octanol–water partition coefficient (Wildman–Crippen LogP) is 0.690. The van der Waals surface area contributed by atoms with Crippen molar-refractivity contribution in [1.82, 2.24) is 10.6 Å². The highest BCUT2D eigenvalue weighted by Crippen LogP contribution is 1.94. The first-order valence-electron chi connectivity index (χ1n) is 6.09. The second-order valence-electron chi connectivity index (χ2n) is 4.39. The van der Waals surface area contributed by atoms with Crippen LogP contribution in [0.2, 0.25) is 0 Å². The molecule has 1 unspecified atom stereocenters. The summed E-state index contributed by atoms with van der Waals surface area (Å²) in [5.41, 5.74) is 0. The van der Waals surface area contributed by atoms with Crippen LogP contribution >= 0.6 is 0 Å². The molecule has 100 valence electrons. The van der Waals surface area contributed by atoms with Crippen LogP contribution < -0.4 is 10.6 Å². The van der Waals surface area contributed by atoms with Gasteiger partial charge in [-0.15, -0.1) is 0 Å². The molecule has 0 aromatic rings. The van der Waals surface area contributed by atoms with Crippen LogP contribution in [-0.4, -0.2) is 38.1 Å². The fraction of sp³-hybridized carbons (Fsp3) is 0.833. The summed E-state index contributed by atoms with van der Waals surface area (Å²) in [6.45, 7) is 7.16. The van der Waals surface area contributed by atoms with E-state index in [4.69, 9.17) is 0 Å². The van der Waals surface area contributed by atoms with E-state index >= 15 is 0 Å². The van der Waals surface area contributed by atoms with Gasteiger partial charge in [0.15, 0.2) is 0 Å². The van der Waals surface area contributed by atoms with Gasteiger partial charge in [-0.05, 0) is 12.3 Å². The van der Waals surface area contributed by atoms with Crippen molar-refractivity contribution in [3.05, 3.63) is 0 Å². The van der Waals surface area contributed by atoms with Gasteiger partial charge in [0, 0.05) is 19.5 Å². The molecule has 0 bridgehead atoms. The number of rotatable bonds is 8. The van der Waals surface area contributed by atoms with Crippen LogP contribution in [0.25, 0.3) is 0 Å². The molecule has 1 atom stereocenters. The predicted molar refractivity (Wildman–Crippen MR) is 66.6 cm³/mol. The molecule has 0 heterocycles. The highest BCUT2D eigenvalue weighted by atomic mass is 16.5. The summed E-state index contributed by atoms with van der Waals surface area (Å²) in [6, 6.07) is -0.321. The molecule has 2 N–H and O–H groups in total.